The molecule has 1 saturated carbocycles. The Bertz CT molecular complexity index is 1120. The molecule has 1 amide bonds. The highest BCUT2D eigenvalue weighted by Crippen LogP contribution is 2.25. The molecular weight excluding hydrogens is 380 g/mol. The molecule has 0 unspecified atom stereocenters. The molecular formula is C23H24N4O3. The number of benzene rings is 2. The van der Waals surface area contributed by atoms with E-state index >= 15 is 0 Å². The predicted octanol–water partition coefficient (Wildman–Crippen LogP) is 3.28. The minimum atomic E-state index is -0.284. The van der Waals surface area contributed by atoms with E-state index in [1.165, 1.54) is 6.33 Å². The molecule has 0 bridgehead atoms. The summed E-state index contributed by atoms with van der Waals surface area (Å²) < 4.78 is 7.12. The maximum Gasteiger partial charge on any atom is 0.251 e. The van der Waals surface area contributed by atoms with E-state index in [0.29, 0.717) is 29.2 Å². The summed E-state index contributed by atoms with van der Waals surface area (Å²) in [5.41, 5.74) is 9.10. The second-order valence-corrected chi connectivity index (χ2v) is 7.39. The second kappa shape index (κ2) is 8.02. The minimum Gasteiger partial charge on any atom is -0.494 e. The van der Waals surface area contributed by atoms with Crippen molar-refractivity contribution >= 4 is 17.5 Å². The summed E-state index contributed by atoms with van der Waals surface area (Å²) in [5, 5.41) is 2.98. The van der Waals surface area contributed by atoms with Gasteiger partial charge in [-0.2, -0.15) is 0 Å². The highest BCUT2D eigenvalue weighted by atomic mass is 16.5. The molecule has 3 N–H and O–H groups in total. The first kappa shape index (κ1) is 19.7. The van der Waals surface area contributed by atoms with Gasteiger partial charge in [-0.15, -0.1) is 0 Å². The van der Waals surface area contributed by atoms with Crippen LogP contribution in [0.25, 0.3) is 5.69 Å². The Morgan fingerprint density at radius 3 is 2.73 bits per heavy atom. The maximum atomic E-state index is 13.0. The van der Waals surface area contributed by atoms with Gasteiger partial charge in [0.1, 0.15) is 17.9 Å². The molecule has 7 heteroatoms. The summed E-state index contributed by atoms with van der Waals surface area (Å²) in [4.78, 5) is 29.7. The fourth-order valence-corrected chi connectivity index (χ4v) is 3.26. The van der Waals surface area contributed by atoms with Gasteiger partial charge in [-0.1, -0.05) is 18.2 Å². The van der Waals surface area contributed by atoms with Gasteiger partial charge < -0.3 is 15.8 Å². The second-order valence-electron chi connectivity index (χ2n) is 7.39. The number of amides is 1. The first-order chi connectivity index (χ1) is 14.5. The van der Waals surface area contributed by atoms with Crippen LogP contribution in [0.5, 0.6) is 5.75 Å². The van der Waals surface area contributed by atoms with E-state index in [1.807, 2.05) is 19.9 Å². The van der Waals surface area contributed by atoms with Crippen LogP contribution in [-0.4, -0.2) is 33.9 Å². The summed E-state index contributed by atoms with van der Waals surface area (Å²) in [5.74, 6) is 0.450. The van der Waals surface area contributed by atoms with Gasteiger partial charge in [0.15, 0.2) is 5.69 Å². The molecule has 2 aromatic carbocycles. The molecule has 3 aromatic rings. The summed E-state index contributed by atoms with van der Waals surface area (Å²) >= 11 is 0. The Hall–Kier alpha value is -3.61. The highest BCUT2D eigenvalue weighted by molar-refractivity contribution is 6.10. The summed E-state index contributed by atoms with van der Waals surface area (Å²) in [7, 11) is 0. The molecule has 7 nitrogen and oxygen atoms in total. The number of aromatic nitrogens is 2. The van der Waals surface area contributed by atoms with E-state index in [4.69, 9.17) is 10.5 Å². The molecule has 0 saturated heterocycles. The molecule has 1 aromatic heterocycles. The molecule has 154 valence electrons. The van der Waals surface area contributed by atoms with Gasteiger partial charge in [-0.05, 0) is 56.5 Å². The van der Waals surface area contributed by atoms with E-state index < -0.39 is 0 Å². The lowest BCUT2D eigenvalue weighted by atomic mass is 10.1. The van der Waals surface area contributed by atoms with Gasteiger partial charge in [0.2, 0.25) is 5.78 Å². The molecule has 30 heavy (non-hydrogen) atoms. The Kier molecular flexibility index (Phi) is 5.27. The predicted molar refractivity (Wildman–Crippen MR) is 114 cm³/mol. The smallest absolute Gasteiger partial charge is 0.251 e. The fourth-order valence-electron chi connectivity index (χ4n) is 3.26. The van der Waals surface area contributed by atoms with E-state index in [9.17, 15) is 9.59 Å². The Labute approximate surface area is 174 Å². The largest absolute Gasteiger partial charge is 0.494 e. The molecule has 1 aliphatic carbocycles. The van der Waals surface area contributed by atoms with Crippen LogP contribution in [0.3, 0.4) is 0 Å². The van der Waals surface area contributed by atoms with Gasteiger partial charge in [-0.25, -0.2) is 4.98 Å². The van der Waals surface area contributed by atoms with E-state index in [2.05, 4.69) is 10.3 Å². The van der Waals surface area contributed by atoms with E-state index in [-0.39, 0.29) is 29.2 Å². The van der Waals surface area contributed by atoms with Crippen molar-refractivity contribution in [1.29, 1.82) is 0 Å². The standard InChI is InChI=1S/C23H24N4O3/c1-3-30-18-6-4-5-15(11-18)21(28)20-22(24)27(13-25-20)19-12-16(8-7-14(19)2)23(29)26-17-9-10-17/h4-8,11-13,17H,3,9-10,24H2,1-2H3,(H,26,29). The molecule has 1 fully saturated rings. The van der Waals surface area contributed by atoms with Crippen molar-refractivity contribution in [3.63, 3.8) is 0 Å². The lowest BCUT2D eigenvalue weighted by Crippen LogP contribution is -2.25. The Balaban J connectivity index is 1.65. The minimum absolute atomic E-state index is 0.110. The highest BCUT2D eigenvalue weighted by Gasteiger charge is 2.24. The number of ether oxygens (including phenoxy) is 1. The van der Waals surface area contributed by atoms with Crippen molar-refractivity contribution < 1.29 is 14.3 Å². The van der Waals surface area contributed by atoms with Crippen LogP contribution in [0.1, 0.15) is 51.7 Å². The van der Waals surface area contributed by atoms with Gasteiger partial charge >= 0.3 is 0 Å². The lowest BCUT2D eigenvalue weighted by molar-refractivity contribution is 0.0950. The SMILES string of the molecule is CCOc1cccc(C(=O)c2ncn(-c3cc(C(=O)NC4CC4)ccc3C)c2N)c1. The monoisotopic (exact) mass is 404 g/mol. The molecule has 4 rings (SSSR count). The number of hydrogen-bond donors (Lipinski definition) is 2. The van der Waals surface area contributed by atoms with E-state index in [1.54, 1.807) is 41.0 Å². The first-order valence-electron chi connectivity index (χ1n) is 10.00. The number of nitrogen functional groups attached to an aromatic ring is 1. The molecule has 1 heterocycles. The van der Waals surface area contributed by atoms with Crippen LogP contribution in [0.2, 0.25) is 0 Å². The van der Waals surface area contributed by atoms with Crippen LogP contribution in [-0.2, 0) is 0 Å². The van der Waals surface area contributed by atoms with Gasteiger partial charge in [-0.3, -0.25) is 14.2 Å². The number of hydrogen-bond acceptors (Lipinski definition) is 5. The number of nitrogens with two attached hydrogens (primary N) is 1. The zero-order valence-corrected chi connectivity index (χ0v) is 17.0. The van der Waals surface area contributed by atoms with Crippen LogP contribution in [0, 0.1) is 6.92 Å². The third-order valence-corrected chi connectivity index (χ3v) is 5.07. The van der Waals surface area contributed by atoms with Crippen molar-refractivity contribution in [2.75, 3.05) is 12.3 Å². The summed E-state index contributed by atoms with van der Waals surface area (Å²) in [6.07, 6.45) is 3.56. The zero-order chi connectivity index (χ0) is 21.3. The van der Waals surface area contributed by atoms with Crippen molar-refractivity contribution in [1.82, 2.24) is 14.9 Å². The molecule has 0 aliphatic heterocycles. The third-order valence-electron chi connectivity index (χ3n) is 5.07. The lowest BCUT2D eigenvalue weighted by Gasteiger charge is -2.12. The Morgan fingerprint density at radius 1 is 1.20 bits per heavy atom. The molecule has 0 atom stereocenters. The number of anilines is 1. The topological polar surface area (TPSA) is 99.2 Å². The van der Waals surface area contributed by atoms with Crippen LogP contribution in [0.15, 0.2) is 48.8 Å². The van der Waals surface area contributed by atoms with Crippen LogP contribution in [0.4, 0.5) is 5.82 Å². The summed E-state index contributed by atoms with van der Waals surface area (Å²) in [6, 6.07) is 12.6. The third kappa shape index (κ3) is 3.91. The maximum absolute atomic E-state index is 13.0. The number of imidazole rings is 1. The summed E-state index contributed by atoms with van der Waals surface area (Å²) in [6.45, 7) is 4.32. The van der Waals surface area contributed by atoms with Gasteiger partial charge in [0.05, 0.1) is 12.3 Å². The number of nitrogens with one attached hydrogen (secondary N) is 1. The average molecular weight is 404 g/mol. The van der Waals surface area contributed by atoms with Crippen LogP contribution >= 0.6 is 0 Å². The van der Waals surface area contributed by atoms with Crippen molar-refractivity contribution in [2.45, 2.75) is 32.7 Å². The Morgan fingerprint density at radius 2 is 2.00 bits per heavy atom. The number of carbonyl (C=O) groups excluding carboxylic acids is 2. The van der Waals surface area contributed by atoms with Crippen LogP contribution < -0.4 is 15.8 Å². The molecule has 0 spiro atoms. The number of rotatable bonds is 7. The first-order valence-corrected chi connectivity index (χ1v) is 10.00. The van der Waals surface area contributed by atoms with Crippen molar-refractivity contribution in [3.05, 3.63) is 71.2 Å². The van der Waals surface area contributed by atoms with Gasteiger partial charge in [0, 0.05) is 17.2 Å². The number of carbonyl (C=O) groups is 2. The number of aryl methyl sites for hydroxylation is 1. The van der Waals surface area contributed by atoms with Crippen molar-refractivity contribution in [3.8, 4) is 11.4 Å². The zero-order valence-electron chi connectivity index (χ0n) is 17.0. The number of ketones is 1. The molecule has 0 radical (unpaired) electrons. The van der Waals surface area contributed by atoms with E-state index in [0.717, 1.165) is 18.4 Å². The van der Waals surface area contributed by atoms with Crippen molar-refractivity contribution in [2.24, 2.45) is 0 Å². The normalized spacial score (nSPS) is 13.1. The fraction of sp³-hybridized carbons (Fsp3) is 0.261. The quantitative estimate of drug-likeness (QED) is 0.589. The average Bonchev–Trinajstić information content (AvgIpc) is 3.48. The van der Waals surface area contributed by atoms with Gasteiger partial charge in [0.25, 0.3) is 5.91 Å². The number of nitrogens with zero attached hydrogens (tertiary/aromatic N) is 2. The molecule has 1 aliphatic rings.